The second kappa shape index (κ2) is 8.49. The molecule has 2 aliphatic rings. The van der Waals surface area contributed by atoms with Crippen molar-refractivity contribution in [3.8, 4) is 5.75 Å². The molecule has 4 rings (SSSR count). The van der Waals surface area contributed by atoms with Crippen molar-refractivity contribution in [3.05, 3.63) is 39.1 Å². The summed E-state index contributed by atoms with van der Waals surface area (Å²) in [5.74, 6) is -2.45. The molecule has 1 N–H and O–H groups in total. The minimum absolute atomic E-state index is 0.0353. The first-order chi connectivity index (χ1) is 16.3. The summed E-state index contributed by atoms with van der Waals surface area (Å²) >= 11 is 0. The number of carboxylic acid groups (broad SMARTS) is 1. The Labute approximate surface area is 201 Å². The number of hydrogen-bond donors (Lipinski definition) is 1. The van der Waals surface area contributed by atoms with Gasteiger partial charge in [0.1, 0.15) is 29.8 Å². The van der Waals surface area contributed by atoms with Gasteiger partial charge in [0.15, 0.2) is 5.82 Å². The molecular weight excluding hydrogens is 461 g/mol. The van der Waals surface area contributed by atoms with Gasteiger partial charge in [0.25, 0.3) is 0 Å². The third-order valence-corrected chi connectivity index (χ3v) is 6.40. The lowest BCUT2D eigenvalue weighted by Gasteiger charge is -2.50. The fourth-order valence-electron chi connectivity index (χ4n) is 4.71. The normalized spacial score (nSPS) is 22.8. The predicted molar refractivity (Wildman–Crippen MR) is 127 cm³/mol. The van der Waals surface area contributed by atoms with E-state index in [0.29, 0.717) is 0 Å². The smallest absolute Gasteiger partial charge is 0.410 e. The molecule has 0 radical (unpaired) electrons. The number of carbonyl (C=O) groups excluding carboxylic acids is 1. The van der Waals surface area contributed by atoms with Crippen molar-refractivity contribution in [1.29, 1.82) is 0 Å². The quantitative estimate of drug-likeness (QED) is 0.512. The van der Waals surface area contributed by atoms with Crippen LogP contribution in [-0.2, 0) is 4.74 Å². The third-order valence-electron chi connectivity index (χ3n) is 6.40. The van der Waals surface area contributed by atoms with E-state index in [4.69, 9.17) is 9.47 Å². The number of fused-ring (bicyclic) bond motifs is 1. The number of benzene rings is 1. The summed E-state index contributed by atoms with van der Waals surface area (Å²) in [6.45, 7) is 6.67. The van der Waals surface area contributed by atoms with Crippen molar-refractivity contribution in [3.63, 3.8) is 0 Å². The van der Waals surface area contributed by atoms with Gasteiger partial charge in [-0.2, -0.15) is 0 Å². The number of hydrogen-bond acceptors (Lipinski definition) is 6. The van der Waals surface area contributed by atoms with E-state index in [1.807, 2.05) is 0 Å². The zero-order valence-electron chi connectivity index (χ0n) is 20.5. The van der Waals surface area contributed by atoms with Gasteiger partial charge in [-0.25, -0.2) is 14.0 Å². The van der Waals surface area contributed by atoms with Gasteiger partial charge in [0.05, 0.1) is 25.1 Å². The Bertz CT molecular complexity index is 1260. The van der Waals surface area contributed by atoms with Gasteiger partial charge in [0, 0.05) is 12.2 Å². The molecule has 1 aromatic heterocycles. The molecule has 2 aromatic rings. The van der Waals surface area contributed by atoms with E-state index in [1.165, 1.54) is 18.2 Å². The van der Waals surface area contributed by atoms with Crippen molar-refractivity contribution in [1.82, 2.24) is 14.1 Å². The molecule has 2 heterocycles. The number of rotatable bonds is 4. The number of carboxylic acids is 1. The number of ether oxygens (including phenoxy) is 2. The number of pyridine rings is 1. The Kier molecular flexibility index (Phi) is 6.05. The van der Waals surface area contributed by atoms with Gasteiger partial charge < -0.3 is 29.0 Å². The summed E-state index contributed by atoms with van der Waals surface area (Å²) in [5, 5.41) is 23.4. The van der Waals surface area contributed by atoms with Crippen LogP contribution in [0.1, 0.15) is 56.9 Å². The van der Waals surface area contributed by atoms with Gasteiger partial charge in [-0.15, -0.1) is 0 Å². The number of nitrogens with zero attached hydrogens (tertiary/aromatic N) is 3. The molecule has 0 spiro atoms. The molecule has 2 fully saturated rings. The monoisotopic (exact) mass is 491 g/mol. The van der Waals surface area contributed by atoms with E-state index in [0.717, 1.165) is 18.9 Å². The zero-order valence-corrected chi connectivity index (χ0v) is 20.5. The Morgan fingerprint density at radius 3 is 2.46 bits per heavy atom. The number of carbonyl (C=O) groups is 2. The summed E-state index contributed by atoms with van der Waals surface area (Å²) < 4.78 is 27.0. The fourth-order valence-corrected chi connectivity index (χ4v) is 4.71. The molecule has 10 nitrogen and oxygen atoms in total. The molecule has 11 heteroatoms. The van der Waals surface area contributed by atoms with E-state index in [2.05, 4.69) is 0 Å². The second-order valence-corrected chi connectivity index (χ2v) is 10.3. The topological polar surface area (TPSA) is 121 Å². The minimum atomic E-state index is -1.41. The Hall–Kier alpha value is -3.18. The lowest BCUT2D eigenvalue weighted by atomic mass is 10.1. The van der Waals surface area contributed by atoms with Crippen molar-refractivity contribution >= 4 is 28.7 Å². The predicted octanol–water partition coefficient (Wildman–Crippen LogP) is 3.63. The van der Waals surface area contributed by atoms with Crippen LogP contribution in [-0.4, -0.2) is 65.0 Å². The molecule has 1 aromatic carbocycles. The number of aromatic nitrogens is 1. The highest BCUT2D eigenvalue weighted by molar-refractivity contribution is 5.97. The molecule has 1 aliphatic heterocycles. The minimum Gasteiger partial charge on any atom is -0.627 e. The number of amides is 1. The summed E-state index contributed by atoms with van der Waals surface area (Å²) in [7, 11) is 1.29. The highest BCUT2D eigenvalue weighted by Gasteiger charge is 2.42. The molecule has 35 heavy (non-hydrogen) atoms. The third kappa shape index (κ3) is 4.45. The van der Waals surface area contributed by atoms with E-state index in [1.54, 1.807) is 32.3 Å². The first kappa shape index (κ1) is 24.9. The van der Waals surface area contributed by atoms with E-state index >= 15 is 4.39 Å². The average molecular weight is 492 g/mol. The van der Waals surface area contributed by atoms with Crippen molar-refractivity contribution < 1.29 is 28.6 Å². The van der Waals surface area contributed by atoms with Gasteiger partial charge in [-0.1, -0.05) is 0 Å². The molecule has 2 unspecified atom stereocenters. The highest BCUT2D eigenvalue weighted by atomic mass is 19.1. The van der Waals surface area contributed by atoms with E-state index < -0.39 is 45.2 Å². The largest absolute Gasteiger partial charge is 0.627 e. The lowest BCUT2D eigenvalue weighted by Crippen LogP contribution is -2.63. The number of aromatic carboxylic acids is 1. The van der Waals surface area contributed by atoms with Gasteiger partial charge in [-0.3, -0.25) is 9.69 Å². The Morgan fingerprint density at radius 2 is 1.94 bits per heavy atom. The van der Waals surface area contributed by atoms with Gasteiger partial charge in [0.2, 0.25) is 16.9 Å². The van der Waals surface area contributed by atoms with Crippen LogP contribution in [0, 0.1) is 11.0 Å². The second-order valence-electron chi connectivity index (χ2n) is 10.3. The Balaban J connectivity index is 1.83. The summed E-state index contributed by atoms with van der Waals surface area (Å²) in [4.78, 5) is 38.6. The maximum absolute atomic E-state index is 15.6. The number of halogens is 1. The maximum atomic E-state index is 15.6. The van der Waals surface area contributed by atoms with Crippen molar-refractivity contribution in [2.45, 2.75) is 58.2 Å². The maximum Gasteiger partial charge on any atom is 0.410 e. The van der Waals surface area contributed by atoms with E-state index in [-0.39, 0.29) is 48.0 Å². The van der Waals surface area contributed by atoms with Gasteiger partial charge in [-0.05, 0) is 46.6 Å². The molecular formula is C24H30FN3O7. The fraction of sp³-hybridized carbons (Fsp3) is 0.542. The van der Waals surface area contributed by atoms with Crippen LogP contribution >= 0.6 is 0 Å². The van der Waals surface area contributed by atoms with Crippen molar-refractivity contribution in [2.24, 2.45) is 0 Å². The molecule has 2 atom stereocenters. The van der Waals surface area contributed by atoms with Crippen LogP contribution < -0.4 is 14.8 Å². The van der Waals surface area contributed by atoms with Crippen LogP contribution in [0.2, 0.25) is 0 Å². The standard InChI is InChI=1S/C24H30FN3O7/c1-13-12-28(33,9-8-26(13)23(32)35-24(2,3)4)19-17(25)10-15-18(21(19)34-5)27(14-6-7-14)11-16(20(15)29)22(30)31/h10-11,13-14H,6-9,12H2,1-5H3,(H,30,31). The van der Waals surface area contributed by atoms with Crippen molar-refractivity contribution in [2.75, 3.05) is 26.7 Å². The summed E-state index contributed by atoms with van der Waals surface area (Å²) in [6, 6.07) is 0.297. The molecule has 1 amide bonds. The highest BCUT2D eigenvalue weighted by Crippen LogP contribution is 2.46. The molecule has 1 saturated carbocycles. The average Bonchev–Trinajstić information content (AvgIpc) is 3.57. The van der Waals surface area contributed by atoms with Crippen LogP contribution in [0.5, 0.6) is 5.75 Å². The SMILES string of the molecule is COc1c([N+]2([O-])CCN(C(=O)OC(C)(C)C)C(C)C2)c(F)cc2c(=O)c(C(=O)O)cn(C3CC3)c12. The van der Waals surface area contributed by atoms with Crippen LogP contribution in [0.25, 0.3) is 10.9 Å². The molecule has 0 bridgehead atoms. The van der Waals surface area contributed by atoms with Crippen LogP contribution in [0.15, 0.2) is 17.1 Å². The molecule has 1 saturated heterocycles. The molecule has 1 aliphatic carbocycles. The lowest BCUT2D eigenvalue weighted by molar-refractivity contribution is 0.00643. The molecule has 190 valence electrons. The first-order valence-electron chi connectivity index (χ1n) is 11.5. The summed E-state index contributed by atoms with van der Waals surface area (Å²) in [6.07, 6.45) is 2.21. The van der Waals surface area contributed by atoms with Gasteiger partial charge >= 0.3 is 12.1 Å². The number of methoxy groups -OCH3 is 1. The Morgan fingerprint density at radius 1 is 1.29 bits per heavy atom. The van der Waals surface area contributed by atoms with Crippen LogP contribution in [0.4, 0.5) is 14.9 Å². The number of quaternary nitrogens is 1. The van der Waals surface area contributed by atoms with Crippen LogP contribution in [0.3, 0.4) is 0 Å². The zero-order chi connectivity index (χ0) is 25.9. The number of hydroxylamine groups is 2. The van der Waals surface area contributed by atoms with E-state index in [9.17, 15) is 24.7 Å². The summed E-state index contributed by atoms with van der Waals surface area (Å²) in [5.41, 5.74) is -2.07. The first-order valence-corrected chi connectivity index (χ1v) is 11.5. The number of piperazine rings is 1.